The second-order valence-corrected chi connectivity index (χ2v) is 6.28. The smallest absolute Gasteiger partial charge is 0.308 e. The number of carbonyl (C=O) groups excluding carboxylic acids is 1. The fourth-order valence-electron chi connectivity index (χ4n) is 2.97. The zero-order valence-electron chi connectivity index (χ0n) is 13.7. The lowest BCUT2D eigenvalue weighted by molar-refractivity contribution is -0.149. The number of rotatable bonds is 7. The van der Waals surface area contributed by atoms with Crippen molar-refractivity contribution >= 4 is 5.97 Å². The van der Waals surface area contributed by atoms with E-state index in [1.54, 1.807) is 24.3 Å². The molecule has 3 N–H and O–H groups in total. The summed E-state index contributed by atoms with van der Waals surface area (Å²) >= 11 is 0. The lowest BCUT2D eigenvalue weighted by Gasteiger charge is -2.22. The molecule has 2 atom stereocenters. The van der Waals surface area contributed by atoms with Crippen molar-refractivity contribution in [3.63, 3.8) is 0 Å². The summed E-state index contributed by atoms with van der Waals surface area (Å²) in [6, 6.07) is 6.32. The van der Waals surface area contributed by atoms with Crippen LogP contribution in [0.4, 0.5) is 0 Å². The summed E-state index contributed by atoms with van der Waals surface area (Å²) in [5, 5.41) is 22.7. The molecule has 0 spiro atoms. The average Bonchev–Trinajstić information content (AvgIpc) is 2.59. The van der Waals surface area contributed by atoms with Gasteiger partial charge in [0.05, 0.1) is 12.0 Å². The highest BCUT2D eigenvalue weighted by molar-refractivity contribution is 5.72. The largest absolute Gasteiger partial charge is 0.508 e. The quantitative estimate of drug-likeness (QED) is 0.531. The topological polar surface area (TPSA) is 78.8 Å². The van der Waals surface area contributed by atoms with Crippen LogP contribution in [-0.2, 0) is 9.53 Å². The zero-order valence-corrected chi connectivity index (χ0v) is 13.7. The predicted octanol–water partition coefficient (Wildman–Crippen LogP) is 2.53. The second-order valence-electron chi connectivity index (χ2n) is 6.28. The van der Waals surface area contributed by atoms with E-state index in [1.165, 1.54) is 6.42 Å². The molecule has 23 heavy (non-hydrogen) atoms. The fraction of sp³-hybridized carbons (Fsp3) is 0.611. The van der Waals surface area contributed by atoms with Crippen molar-refractivity contribution in [2.75, 3.05) is 13.2 Å². The maximum absolute atomic E-state index is 11.9. The van der Waals surface area contributed by atoms with Gasteiger partial charge in [-0.3, -0.25) is 4.79 Å². The van der Waals surface area contributed by atoms with Crippen LogP contribution in [0, 0.1) is 5.92 Å². The number of phenolic OH excluding ortho intramolecular Hbond substituents is 1. The van der Waals surface area contributed by atoms with E-state index in [1.807, 2.05) is 6.92 Å². The third kappa shape index (κ3) is 5.52. The predicted molar refractivity (Wildman–Crippen MR) is 88.1 cm³/mol. The Kier molecular flexibility index (Phi) is 6.86. The van der Waals surface area contributed by atoms with Crippen molar-refractivity contribution in [1.29, 1.82) is 0 Å². The molecule has 2 unspecified atom stereocenters. The van der Waals surface area contributed by atoms with E-state index < -0.39 is 6.10 Å². The molecule has 0 heterocycles. The second kappa shape index (κ2) is 8.89. The Hall–Kier alpha value is -1.59. The van der Waals surface area contributed by atoms with Gasteiger partial charge in [0.15, 0.2) is 0 Å². The average molecular weight is 321 g/mol. The van der Waals surface area contributed by atoms with Gasteiger partial charge in [-0.1, -0.05) is 31.4 Å². The number of carbonyl (C=O) groups is 1. The number of aliphatic hydroxyl groups excluding tert-OH is 1. The molecule has 2 rings (SSSR count). The van der Waals surface area contributed by atoms with Crippen molar-refractivity contribution in [3.8, 4) is 5.75 Å². The first-order valence-electron chi connectivity index (χ1n) is 8.45. The SMILES string of the molecule is CC(NCCOC(=O)C1CCCCC1)C(O)c1ccc(O)cc1. The molecular formula is C18H27NO4. The van der Waals surface area contributed by atoms with Gasteiger partial charge in [0.1, 0.15) is 12.4 Å². The number of hydrogen-bond acceptors (Lipinski definition) is 5. The first-order chi connectivity index (χ1) is 11.1. The Morgan fingerprint density at radius 2 is 1.91 bits per heavy atom. The first kappa shape index (κ1) is 17.8. The van der Waals surface area contributed by atoms with Gasteiger partial charge in [-0.2, -0.15) is 0 Å². The third-order valence-corrected chi connectivity index (χ3v) is 4.46. The highest BCUT2D eigenvalue weighted by Gasteiger charge is 2.22. The molecular weight excluding hydrogens is 294 g/mol. The normalized spacial score (nSPS) is 18.3. The minimum absolute atomic E-state index is 0.0729. The Balaban J connectivity index is 1.66. The van der Waals surface area contributed by atoms with Gasteiger partial charge in [0.25, 0.3) is 0 Å². The van der Waals surface area contributed by atoms with Gasteiger partial charge >= 0.3 is 5.97 Å². The summed E-state index contributed by atoms with van der Waals surface area (Å²) < 4.78 is 5.32. The monoisotopic (exact) mass is 321 g/mol. The molecule has 0 bridgehead atoms. The number of benzene rings is 1. The number of ether oxygens (including phenoxy) is 1. The van der Waals surface area contributed by atoms with Crippen LogP contribution in [0.3, 0.4) is 0 Å². The standard InChI is InChI=1S/C18H27NO4/c1-13(17(21)14-7-9-16(20)10-8-14)19-11-12-23-18(22)15-5-3-2-4-6-15/h7-10,13,15,17,19-21H,2-6,11-12H2,1H3. The highest BCUT2D eigenvalue weighted by Crippen LogP contribution is 2.24. The summed E-state index contributed by atoms with van der Waals surface area (Å²) in [5.41, 5.74) is 0.738. The molecule has 1 aliphatic rings. The molecule has 0 saturated heterocycles. The number of hydrogen-bond donors (Lipinski definition) is 3. The fourth-order valence-corrected chi connectivity index (χ4v) is 2.97. The molecule has 5 nitrogen and oxygen atoms in total. The molecule has 1 aliphatic carbocycles. The van der Waals surface area contributed by atoms with Crippen LogP contribution in [0.2, 0.25) is 0 Å². The van der Waals surface area contributed by atoms with Gasteiger partial charge in [-0.05, 0) is 37.5 Å². The van der Waals surface area contributed by atoms with Gasteiger partial charge in [0, 0.05) is 12.6 Å². The summed E-state index contributed by atoms with van der Waals surface area (Å²) in [6.07, 6.45) is 4.68. The van der Waals surface area contributed by atoms with Crippen LogP contribution in [0.5, 0.6) is 5.75 Å². The molecule has 0 amide bonds. The van der Waals surface area contributed by atoms with Gasteiger partial charge in [-0.25, -0.2) is 0 Å². The Bertz CT molecular complexity index is 482. The lowest BCUT2D eigenvalue weighted by Crippen LogP contribution is -2.35. The van der Waals surface area contributed by atoms with Crippen molar-refractivity contribution < 1.29 is 19.7 Å². The van der Waals surface area contributed by atoms with E-state index >= 15 is 0 Å². The van der Waals surface area contributed by atoms with E-state index in [9.17, 15) is 15.0 Å². The van der Waals surface area contributed by atoms with Gasteiger partial charge in [0.2, 0.25) is 0 Å². The zero-order chi connectivity index (χ0) is 16.7. The van der Waals surface area contributed by atoms with E-state index in [-0.39, 0.29) is 23.7 Å². The lowest BCUT2D eigenvalue weighted by atomic mass is 9.89. The highest BCUT2D eigenvalue weighted by atomic mass is 16.5. The minimum Gasteiger partial charge on any atom is -0.508 e. The summed E-state index contributed by atoms with van der Waals surface area (Å²) in [5.74, 6) is 0.165. The Morgan fingerprint density at radius 1 is 1.26 bits per heavy atom. The van der Waals surface area contributed by atoms with E-state index in [0.717, 1.165) is 31.2 Å². The van der Waals surface area contributed by atoms with E-state index in [2.05, 4.69) is 5.32 Å². The first-order valence-corrected chi connectivity index (χ1v) is 8.45. The maximum atomic E-state index is 11.9. The van der Waals surface area contributed by atoms with Crippen LogP contribution in [0.25, 0.3) is 0 Å². The molecule has 128 valence electrons. The molecule has 0 radical (unpaired) electrons. The number of esters is 1. The number of phenols is 1. The maximum Gasteiger partial charge on any atom is 0.308 e. The van der Waals surface area contributed by atoms with Crippen LogP contribution in [0.15, 0.2) is 24.3 Å². The molecule has 1 saturated carbocycles. The van der Waals surface area contributed by atoms with Crippen molar-refractivity contribution in [2.24, 2.45) is 5.92 Å². The minimum atomic E-state index is -0.676. The molecule has 0 aliphatic heterocycles. The molecule has 1 aromatic carbocycles. The van der Waals surface area contributed by atoms with Crippen LogP contribution in [-0.4, -0.2) is 35.4 Å². The summed E-state index contributed by atoms with van der Waals surface area (Å²) in [4.78, 5) is 11.9. The van der Waals surface area contributed by atoms with Crippen LogP contribution < -0.4 is 5.32 Å². The molecule has 1 fully saturated rings. The Labute approximate surface area is 137 Å². The van der Waals surface area contributed by atoms with E-state index in [0.29, 0.717) is 13.2 Å². The number of aliphatic hydroxyl groups is 1. The van der Waals surface area contributed by atoms with Crippen LogP contribution in [0.1, 0.15) is 50.7 Å². The Morgan fingerprint density at radius 3 is 2.57 bits per heavy atom. The summed E-state index contributed by atoms with van der Waals surface area (Å²) in [7, 11) is 0. The molecule has 1 aromatic rings. The number of nitrogens with one attached hydrogen (secondary N) is 1. The molecule has 5 heteroatoms. The summed E-state index contributed by atoms with van der Waals surface area (Å²) in [6.45, 7) is 2.71. The van der Waals surface area contributed by atoms with Crippen LogP contribution >= 0.6 is 0 Å². The van der Waals surface area contributed by atoms with Gasteiger partial charge < -0.3 is 20.3 Å². The van der Waals surface area contributed by atoms with Crippen molar-refractivity contribution in [1.82, 2.24) is 5.32 Å². The number of aromatic hydroxyl groups is 1. The van der Waals surface area contributed by atoms with Crippen molar-refractivity contribution in [2.45, 2.75) is 51.2 Å². The van der Waals surface area contributed by atoms with Gasteiger partial charge in [-0.15, -0.1) is 0 Å². The third-order valence-electron chi connectivity index (χ3n) is 4.46. The van der Waals surface area contributed by atoms with E-state index in [4.69, 9.17) is 4.74 Å². The molecule has 0 aromatic heterocycles. The van der Waals surface area contributed by atoms with Crippen molar-refractivity contribution in [3.05, 3.63) is 29.8 Å².